The molecule has 0 spiro atoms. The Balaban J connectivity index is -0.000000694. The first-order valence-electron chi connectivity index (χ1n) is 21.8. The van der Waals surface area contributed by atoms with Crippen LogP contribution >= 0.6 is 20.2 Å². The minimum Gasteiger partial charge on any atom is -0.325 e. The van der Waals surface area contributed by atoms with Crippen molar-refractivity contribution in [3.05, 3.63) is 108 Å². The molecule has 0 unspecified atom stereocenters. The van der Waals surface area contributed by atoms with Crippen LogP contribution in [0.25, 0.3) is 0 Å². The smallest absolute Gasteiger partial charge is 0.319 e. The zero-order chi connectivity index (χ0) is 45.8. The van der Waals surface area contributed by atoms with Gasteiger partial charge in [-0.1, -0.05) is 227 Å². The molecule has 3 aromatic carbocycles. The lowest BCUT2D eigenvalue weighted by molar-refractivity contribution is 0.361. The van der Waals surface area contributed by atoms with Crippen molar-refractivity contribution in [1.29, 1.82) is 0 Å². The molecule has 60 heavy (non-hydrogen) atoms. The number of hydrogen-bond acceptors (Lipinski definition) is 3. The highest BCUT2D eigenvalue weighted by Gasteiger charge is 1.96. The van der Waals surface area contributed by atoms with Gasteiger partial charge in [0.25, 0.3) is 0 Å². The summed E-state index contributed by atoms with van der Waals surface area (Å²) in [7, 11) is 0. The summed E-state index contributed by atoms with van der Waals surface area (Å²) in [6.07, 6.45) is 33.2. The molecule has 9 N–H and O–H groups in total. The maximum Gasteiger partial charge on any atom is 0.319 e. The first-order chi connectivity index (χ1) is 28.3. The third-order valence-electron chi connectivity index (χ3n) is 8.74. The minimum atomic E-state index is -3.81. The number of rotatable bonds is 24. The molecule has 0 aliphatic carbocycles. The van der Waals surface area contributed by atoms with Crippen LogP contribution in [0.4, 0.5) is 0 Å². The largest absolute Gasteiger partial charge is 0.325 e. The minimum absolute atomic E-state index is 1.26. The van der Waals surface area contributed by atoms with E-state index in [2.05, 4.69) is 147 Å². The third kappa shape index (κ3) is 71.7. The highest BCUT2D eigenvalue weighted by Crippen LogP contribution is 2.27. The zero-order valence-corrected chi connectivity index (χ0v) is 41.9. The Bertz CT molecular complexity index is 1240. The lowest BCUT2D eigenvalue weighted by Gasteiger charge is -2.01. The second-order valence-electron chi connectivity index (χ2n) is 14.6. The molecule has 0 aliphatic heterocycles. The molecule has 0 fully saturated rings. The van der Waals surface area contributed by atoms with Crippen LogP contribution in [0.5, 0.6) is 0 Å². The average molecular weight is 955 g/mol. The Hall–Kier alpha value is -0.750. The molecule has 3 aromatic rings. The van der Waals surface area contributed by atoms with Crippen molar-refractivity contribution in [1.82, 2.24) is 0 Å². The summed E-state index contributed by atoms with van der Waals surface area (Å²) in [4.78, 5) is 68.0. The van der Waals surface area contributed by atoms with Crippen molar-refractivity contribution < 1.29 is 44.0 Å². The summed E-state index contributed by atoms with van der Waals surface area (Å²) in [5, 5.41) is 0. The molecular weight excluding hydrogens is 874 g/mol. The Morgan fingerprint density at radius 2 is 0.433 bits per heavy atom. The molecule has 15 heteroatoms. The van der Waals surface area contributed by atoms with E-state index in [0.717, 1.165) is 0 Å². The molecule has 0 aliphatic rings. The summed E-state index contributed by atoms with van der Waals surface area (Å²) in [6.45, 7) is -4.60. The van der Waals surface area contributed by atoms with E-state index in [4.69, 9.17) is 44.0 Å². The van der Waals surface area contributed by atoms with Gasteiger partial charge in [0.2, 0.25) is 0 Å². The fraction of sp³-hybridized carbons (Fsp3) is 0.600. The van der Waals surface area contributed by atoms with E-state index < -0.39 is 20.2 Å². The van der Waals surface area contributed by atoms with Crippen LogP contribution < -0.4 is 0 Å². The normalized spacial score (nSPS) is 10.8. The molecule has 0 atom stereocenters. The van der Waals surface area contributed by atoms with Crippen molar-refractivity contribution in [2.24, 2.45) is 0 Å². The van der Waals surface area contributed by atoms with Gasteiger partial charge < -0.3 is 44.0 Å². The van der Waals surface area contributed by atoms with Gasteiger partial charge in [-0.25, -0.2) is 0 Å². The van der Waals surface area contributed by atoms with Gasteiger partial charge in [0, 0.05) is 0 Å². The van der Waals surface area contributed by atoms with Crippen LogP contribution in [0, 0.1) is 0 Å². The fourth-order valence-corrected chi connectivity index (χ4v) is 5.79. The molecule has 0 bridgehead atoms. The molecule has 3 rings (SSSR count). The lowest BCUT2D eigenvalue weighted by Crippen LogP contribution is -1.85. The molecule has 0 saturated carbocycles. The van der Waals surface area contributed by atoms with Crippen LogP contribution in [-0.2, 0) is 54.7 Å². The van der Waals surface area contributed by atoms with Crippen LogP contribution in [-0.4, -0.2) is 44.0 Å². The average Bonchev–Trinajstić information content (AvgIpc) is 3.17. The summed E-state index contributed by atoms with van der Waals surface area (Å²) in [5.41, 5.74) is 4.48. The predicted octanol–water partition coefficient (Wildman–Crippen LogP) is 12.5. The van der Waals surface area contributed by atoms with E-state index in [9.17, 15) is 0 Å². The standard InChI is InChI=1S/3C15H24.3H3O3PS/c3*1-2-3-4-5-6-7-9-12-15-13-10-8-11-14-15;3*1-4(2,3)5/h3*8,10-11,13-14H,2-7,9,12H2,1H3;3*(H3,1,2,3,5). The summed E-state index contributed by atoms with van der Waals surface area (Å²) in [6, 6.07) is 32.5. The zero-order valence-electron chi connectivity index (χ0n) is 36.7. The highest BCUT2D eigenvalue weighted by atomic mass is 32.5. The maximum atomic E-state index is 7.56. The summed E-state index contributed by atoms with van der Waals surface area (Å²) < 4.78 is 0. The second-order valence-corrected chi connectivity index (χ2v) is 22.1. The Morgan fingerprint density at radius 3 is 0.600 bits per heavy atom. The van der Waals surface area contributed by atoms with Gasteiger partial charge >= 0.3 is 20.2 Å². The molecule has 0 radical (unpaired) electrons. The summed E-state index contributed by atoms with van der Waals surface area (Å²) >= 11 is 10.8. The molecule has 0 saturated heterocycles. The Labute approximate surface area is 380 Å². The van der Waals surface area contributed by atoms with Crippen molar-refractivity contribution >= 4 is 55.6 Å². The molecule has 348 valence electrons. The Kier molecular flexibility index (Phi) is 47.5. The summed E-state index contributed by atoms with van der Waals surface area (Å²) in [5.74, 6) is 0. The third-order valence-corrected chi connectivity index (χ3v) is 8.74. The number of benzene rings is 3. The topological polar surface area (TPSA) is 182 Å². The van der Waals surface area contributed by atoms with E-state index in [1.165, 1.54) is 171 Å². The molecule has 9 nitrogen and oxygen atoms in total. The van der Waals surface area contributed by atoms with Crippen LogP contribution in [0.1, 0.15) is 172 Å². The van der Waals surface area contributed by atoms with Crippen LogP contribution in [0.15, 0.2) is 91.0 Å². The van der Waals surface area contributed by atoms with Crippen LogP contribution in [0.3, 0.4) is 0 Å². The first kappa shape index (κ1) is 63.5. The number of unbranched alkanes of at least 4 members (excludes halogenated alkanes) is 18. The SMILES string of the molecule is CCCCCCCCCc1ccccc1.CCCCCCCCCc1ccccc1.CCCCCCCCCc1ccccc1.OP(O)(O)=S.OP(O)(O)=S.OP(O)(O)=S. The van der Waals surface area contributed by atoms with E-state index in [0.29, 0.717) is 0 Å². The van der Waals surface area contributed by atoms with Gasteiger partial charge in [-0.3, -0.25) is 0 Å². The molecular formula is C45H81O9P3S3. The Morgan fingerprint density at radius 1 is 0.283 bits per heavy atom. The fourth-order valence-electron chi connectivity index (χ4n) is 5.79. The molecule has 0 aromatic heterocycles. The number of hydrogen-bond donors (Lipinski definition) is 9. The van der Waals surface area contributed by atoms with Gasteiger partial charge in [-0.2, -0.15) is 0 Å². The maximum absolute atomic E-state index is 7.56. The van der Waals surface area contributed by atoms with E-state index in [-0.39, 0.29) is 0 Å². The second kappa shape index (κ2) is 44.8. The van der Waals surface area contributed by atoms with Gasteiger partial charge in [-0.05, 0) is 90.6 Å². The number of aryl methyl sites for hydroxylation is 3. The van der Waals surface area contributed by atoms with Gasteiger partial charge in [-0.15, -0.1) is 0 Å². The van der Waals surface area contributed by atoms with Crippen molar-refractivity contribution in [3.63, 3.8) is 0 Å². The predicted molar refractivity (Wildman–Crippen MR) is 267 cm³/mol. The van der Waals surface area contributed by atoms with Crippen molar-refractivity contribution in [2.45, 2.75) is 175 Å². The van der Waals surface area contributed by atoms with Gasteiger partial charge in [0.05, 0.1) is 0 Å². The first-order valence-corrected chi connectivity index (χ1v) is 29.7. The monoisotopic (exact) mass is 954 g/mol. The quantitative estimate of drug-likeness (QED) is 0.0307. The van der Waals surface area contributed by atoms with Crippen LogP contribution in [0.2, 0.25) is 0 Å². The van der Waals surface area contributed by atoms with E-state index in [1.54, 1.807) is 0 Å². The molecule has 0 amide bonds. The molecule has 0 heterocycles. The van der Waals surface area contributed by atoms with E-state index in [1.807, 2.05) is 0 Å². The van der Waals surface area contributed by atoms with Gasteiger partial charge in [0.1, 0.15) is 0 Å². The van der Waals surface area contributed by atoms with Crippen molar-refractivity contribution in [2.75, 3.05) is 0 Å². The van der Waals surface area contributed by atoms with E-state index >= 15 is 0 Å². The lowest BCUT2D eigenvalue weighted by atomic mass is 10.0. The highest BCUT2D eigenvalue weighted by molar-refractivity contribution is 8.06. The van der Waals surface area contributed by atoms with Gasteiger partial charge in [0.15, 0.2) is 0 Å². The van der Waals surface area contributed by atoms with Crippen molar-refractivity contribution in [3.8, 4) is 0 Å².